The predicted octanol–water partition coefficient (Wildman–Crippen LogP) is 2.59. The first kappa shape index (κ1) is 8.95. The van der Waals surface area contributed by atoms with Crippen LogP contribution in [-0.4, -0.2) is 18.3 Å². The molecule has 0 saturated carbocycles. The molecule has 70 valence electrons. The summed E-state index contributed by atoms with van der Waals surface area (Å²) in [6.07, 6.45) is 2.41. The molecule has 0 radical (unpaired) electrons. The first-order chi connectivity index (χ1) is 6.36. The first-order valence-electron chi connectivity index (χ1n) is 4.84. The van der Waals surface area contributed by atoms with E-state index in [1.54, 1.807) is 0 Å². The van der Waals surface area contributed by atoms with Crippen LogP contribution in [0.2, 0.25) is 0 Å². The second-order valence-corrected chi connectivity index (χ2v) is 4.28. The Morgan fingerprint density at radius 2 is 1.69 bits per heavy atom. The Morgan fingerprint density at radius 3 is 2.31 bits per heavy atom. The summed E-state index contributed by atoms with van der Waals surface area (Å²) in [4.78, 5) is 2.44. The standard InChI is InChI=1S/C11H15NS/c13-11-6-8-12(9-7-11)10-4-2-1-3-5-10/h1-5,11,13H,6-9H2. The van der Waals surface area contributed by atoms with E-state index in [0.717, 1.165) is 13.1 Å². The van der Waals surface area contributed by atoms with Crippen LogP contribution in [0.4, 0.5) is 5.69 Å². The van der Waals surface area contributed by atoms with Gasteiger partial charge in [0.15, 0.2) is 0 Å². The van der Waals surface area contributed by atoms with E-state index in [2.05, 4.69) is 47.9 Å². The Morgan fingerprint density at radius 1 is 1.08 bits per heavy atom. The van der Waals surface area contributed by atoms with Crippen molar-refractivity contribution in [3.63, 3.8) is 0 Å². The van der Waals surface area contributed by atoms with E-state index in [1.807, 2.05) is 0 Å². The van der Waals surface area contributed by atoms with Crippen molar-refractivity contribution in [2.24, 2.45) is 0 Å². The minimum atomic E-state index is 0.611. The monoisotopic (exact) mass is 193 g/mol. The van der Waals surface area contributed by atoms with Gasteiger partial charge in [0.25, 0.3) is 0 Å². The highest BCUT2D eigenvalue weighted by Crippen LogP contribution is 2.21. The Balaban J connectivity index is 2.03. The number of benzene rings is 1. The van der Waals surface area contributed by atoms with E-state index in [0.29, 0.717) is 5.25 Å². The number of thiol groups is 1. The van der Waals surface area contributed by atoms with Gasteiger partial charge in [0.2, 0.25) is 0 Å². The molecule has 0 amide bonds. The minimum absolute atomic E-state index is 0.611. The van der Waals surface area contributed by atoms with Gasteiger partial charge < -0.3 is 4.90 Å². The molecule has 0 bridgehead atoms. The van der Waals surface area contributed by atoms with Crippen molar-refractivity contribution in [3.05, 3.63) is 30.3 Å². The van der Waals surface area contributed by atoms with Gasteiger partial charge in [0, 0.05) is 24.0 Å². The molecule has 1 fully saturated rings. The van der Waals surface area contributed by atoms with E-state index >= 15 is 0 Å². The SMILES string of the molecule is SC1CCN(c2ccccc2)CC1. The molecule has 0 atom stereocenters. The van der Waals surface area contributed by atoms with E-state index in [-0.39, 0.29) is 0 Å². The Bertz CT molecular complexity index is 252. The fourth-order valence-electron chi connectivity index (χ4n) is 1.76. The average Bonchev–Trinajstić information content (AvgIpc) is 2.20. The number of nitrogens with zero attached hydrogens (tertiary/aromatic N) is 1. The van der Waals surface area contributed by atoms with Crippen LogP contribution in [0.1, 0.15) is 12.8 Å². The Kier molecular flexibility index (Phi) is 2.79. The third-order valence-electron chi connectivity index (χ3n) is 2.59. The molecule has 1 nitrogen and oxygen atoms in total. The minimum Gasteiger partial charge on any atom is -0.371 e. The molecule has 0 aliphatic carbocycles. The van der Waals surface area contributed by atoms with E-state index < -0.39 is 0 Å². The molecule has 1 aliphatic rings. The first-order valence-corrected chi connectivity index (χ1v) is 5.36. The van der Waals surface area contributed by atoms with Crippen molar-refractivity contribution >= 4 is 18.3 Å². The molecular formula is C11H15NS. The Hall–Kier alpha value is -0.630. The highest BCUT2D eigenvalue weighted by Gasteiger charge is 2.15. The Labute approximate surface area is 85.2 Å². The fourth-order valence-corrected chi connectivity index (χ4v) is 1.99. The summed E-state index contributed by atoms with van der Waals surface area (Å²) in [5.41, 5.74) is 1.35. The summed E-state index contributed by atoms with van der Waals surface area (Å²) in [6, 6.07) is 10.6. The summed E-state index contributed by atoms with van der Waals surface area (Å²) in [7, 11) is 0. The molecule has 1 aliphatic heterocycles. The largest absolute Gasteiger partial charge is 0.371 e. The van der Waals surface area contributed by atoms with Crippen LogP contribution in [0.25, 0.3) is 0 Å². The highest BCUT2D eigenvalue weighted by atomic mass is 32.1. The summed E-state index contributed by atoms with van der Waals surface area (Å²) >= 11 is 4.49. The molecular weight excluding hydrogens is 178 g/mol. The van der Waals surface area contributed by atoms with Crippen LogP contribution in [0, 0.1) is 0 Å². The molecule has 1 saturated heterocycles. The number of hydrogen-bond acceptors (Lipinski definition) is 2. The van der Waals surface area contributed by atoms with Crippen molar-refractivity contribution in [2.75, 3.05) is 18.0 Å². The summed E-state index contributed by atoms with van der Waals surface area (Å²) in [5.74, 6) is 0. The smallest absolute Gasteiger partial charge is 0.0366 e. The number of para-hydroxylation sites is 1. The maximum absolute atomic E-state index is 4.49. The topological polar surface area (TPSA) is 3.24 Å². The van der Waals surface area contributed by atoms with Crippen molar-refractivity contribution < 1.29 is 0 Å². The molecule has 0 N–H and O–H groups in total. The third kappa shape index (κ3) is 2.19. The van der Waals surface area contributed by atoms with Gasteiger partial charge in [-0.2, -0.15) is 12.6 Å². The average molecular weight is 193 g/mol. The lowest BCUT2D eigenvalue weighted by Crippen LogP contribution is -2.33. The molecule has 1 aromatic carbocycles. The molecule has 13 heavy (non-hydrogen) atoms. The van der Waals surface area contributed by atoms with Gasteiger partial charge in [-0.15, -0.1) is 0 Å². The van der Waals surface area contributed by atoms with Crippen LogP contribution >= 0.6 is 12.6 Å². The van der Waals surface area contributed by atoms with E-state index in [1.165, 1.54) is 18.5 Å². The zero-order chi connectivity index (χ0) is 9.10. The van der Waals surface area contributed by atoms with Crippen molar-refractivity contribution in [3.8, 4) is 0 Å². The van der Waals surface area contributed by atoms with Crippen molar-refractivity contribution in [2.45, 2.75) is 18.1 Å². The lowest BCUT2D eigenvalue weighted by molar-refractivity contribution is 0.593. The quantitative estimate of drug-likeness (QED) is 0.671. The van der Waals surface area contributed by atoms with Crippen LogP contribution in [0.3, 0.4) is 0 Å². The number of anilines is 1. The van der Waals surface area contributed by atoms with Gasteiger partial charge in [-0.25, -0.2) is 0 Å². The van der Waals surface area contributed by atoms with Gasteiger partial charge in [0.1, 0.15) is 0 Å². The van der Waals surface area contributed by atoms with E-state index in [4.69, 9.17) is 0 Å². The van der Waals surface area contributed by atoms with Gasteiger partial charge in [0.05, 0.1) is 0 Å². The molecule has 2 rings (SSSR count). The molecule has 0 aromatic heterocycles. The van der Waals surface area contributed by atoms with Crippen molar-refractivity contribution in [1.82, 2.24) is 0 Å². The van der Waals surface area contributed by atoms with Crippen LogP contribution in [-0.2, 0) is 0 Å². The number of hydrogen-bond donors (Lipinski definition) is 1. The van der Waals surface area contributed by atoms with Crippen molar-refractivity contribution in [1.29, 1.82) is 0 Å². The highest BCUT2D eigenvalue weighted by molar-refractivity contribution is 7.80. The molecule has 1 heterocycles. The zero-order valence-electron chi connectivity index (χ0n) is 7.69. The maximum Gasteiger partial charge on any atom is 0.0366 e. The fraction of sp³-hybridized carbons (Fsp3) is 0.455. The number of piperidine rings is 1. The van der Waals surface area contributed by atoms with E-state index in [9.17, 15) is 0 Å². The van der Waals surface area contributed by atoms with Gasteiger partial charge in [-0.1, -0.05) is 18.2 Å². The molecule has 1 aromatic rings. The summed E-state index contributed by atoms with van der Waals surface area (Å²) < 4.78 is 0. The molecule has 0 spiro atoms. The normalized spacial score (nSPS) is 19.0. The lowest BCUT2D eigenvalue weighted by Gasteiger charge is -2.31. The van der Waals surface area contributed by atoms with Crippen LogP contribution in [0.5, 0.6) is 0 Å². The zero-order valence-corrected chi connectivity index (χ0v) is 8.58. The molecule has 0 unspecified atom stereocenters. The van der Waals surface area contributed by atoms with Crippen LogP contribution < -0.4 is 4.90 Å². The van der Waals surface area contributed by atoms with Gasteiger partial charge in [-0.05, 0) is 25.0 Å². The lowest BCUT2D eigenvalue weighted by atomic mass is 10.1. The third-order valence-corrected chi connectivity index (χ3v) is 3.10. The second kappa shape index (κ2) is 4.05. The summed E-state index contributed by atoms with van der Waals surface area (Å²) in [5, 5.41) is 0.611. The summed E-state index contributed by atoms with van der Waals surface area (Å²) in [6.45, 7) is 2.30. The predicted molar refractivity (Wildman–Crippen MR) is 60.7 cm³/mol. The van der Waals surface area contributed by atoms with Crippen LogP contribution in [0.15, 0.2) is 30.3 Å². The second-order valence-electron chi connectivity index (χ2n) is 3.55. The molecule has 2 heteroatoms. The number of rotatable bonds is 1. The van der Waals surface area contributed by atoms with Gasteiger partial charge in [-0.3, -0.25) is 0 Å². The van der Waals surface area contributed by atoms with Gasteiger partial charge >= 0.3 is 0 Å². The maximum atomic E-state index is 4.49.